The van der Waals surface area contributed by atoms with Crippen LogP contribution in [0.5, 0.6) is 11.5 Å². The molecule has 0 aliphatic carbocycles. The summed E-state index contributed by atoms with van der Waals surface area (Å²) in [6, 6.07) is 32.4. The molecule has 0 atom stereocenters. The predicted octanol–water partition coefficient (Wildman–Crippen LogP) is 6.80. The average Bonchev–Trinajstić information content (AvgIpc) is 3.77. The van der Waals surface area contributed by atoms with E-state index in [2.05, 4.69) is 39.0 Å². The molecule has 1 saturated heterocycles. The normalized spacial score (nSPS) is 13.3. The zero-order chi connectivity index (χ0) is 33.0. The number of hydrogen-bond donors (Lipinski definition) is 1. The van der Waals surface area contributed by atoms with Gasteiger partial charge in [-0.25, -0.2) is 4.98 Å². The summed E-state index contributed by atoms with van der Waals surface area (Å²) in [6.07, 6.45) is 2.51. The maximum atomic E-state index is 12.8. The van der Waals surface area contributed by atoms with E-state index in [4.69, 9.17) is 14.5 Å². The van der Waals surface area contributed by atoms with Crippen LogP contribution in [0.4, 0.5) is 5.82 Å². The van der Waals surface area contributed by atoms with Crippen LogP contribution in [0, 0.1) is 4.77 Å². The monoisotopic (exact) mass is 661 g/mol. The summed E-state index contributed by atoms with van der Waals surface area (Å²) in [7, 11) is 0.783. The molecule has 0 bridgehead atoms. The van der Waals surface area contributed by atoms with E-state index in [0.717, 1.165) is 64.2 Å². The van der Waals surface area contributed by atoms with Crippen LogP contribution in [0.15, 0.2) is 97.1 Å². The first-order valence-electron chi connectivity index (χ1n) is 16.2. The molecule has 4 aromatic carbocycles. The third kappa shape index (κ3) is 6.67. The number of para-hydroxylation sites is 1. The highest BCUT2D eigenvalue weighted by Crippen LogP contribution is 2.33. The first-order chi connectivity index (χ1) is 23.5. The molecule has 1 fully saturated rings. The first-order valence-corrected chi connectivity index (χ1v) is 17.3. The SMILES string of the molecule is COc1ccc(CN(Cc2ccc(OC)cc2)c2nc3ccccc3c3c2[nH]c(=S(=O)=O)n3Cc2ccc(CN3CCCC3)cc2)cc1. The van der Waals surface area contributed by atoms with Gasteiger partial charge in [0.1, 0.15) is 17.0 Å². The smallest absolute Gasteiger partial charge is 0.256 e. The molecule has 2 aromatic heterocycles. The highest BCUT2D eigenvalue weighted by Gasteiger charge is 2.21. The molecule has 10 heteroatoms. The van der Waals surface area contributed by atoms with Crippen LogP contribution >= 0.6 is 0 Å². The van der Waals surface area contributed by atoms with Gasteiger partial charge in [-0.2, -0.15) is 8.42 Å². The van der Waals surface area contributed by atoms with Crippen molar-refractivity contribution in [3.63, 3.8) is 0 Å². The lowest BCUT2D eigenvalue weighted by molar-refractivity contribution is 0.331. The van der Waals surface area contributed by atoms with Gasteiger partial charge in [0, 0.05) is 25.0 Å². The van der Waals surface area contributed by atoms with Gasteiger partial charge in [0.25, 0.3) is 10.3 Å². The molecule has 3 heterocycles. The summed E-state index contributed by atoms with van der Waals surface area (Å²) in [6.45, 7) is 4.67. The lowest BCUT2D eigenvalue weighted by Gasteiger charge is -2.25. The number of benzene rings is 4. The number of H-pyrrole nitrogens is 1. The zero-order valence-corrected chi connectivity index (χ0v) is 28.0. The maximum Gasteiger partial charge on any atom is 0.256 e. The van der Waals surface area contributed by atoms with E-state index < -0.39 is 10.3 Å². The Balaban J connectivity index is 1.35. The number of imidazole rings is 1. The minimum Gasteiger partial charge on any atom is -0.497 e. The molecule has 0 amide bonds. The minimum absolute atomic E-state index is 0.111. The van der Waals surface area contributed by atoms with Crippen molar-refractivity contribution in [3.05, 3.63) is 124 Å². The summed E-state index contributed by atoms with van der Waals surface area (Å²) in [4.78, 5) is 13.1. The summed E-state index contributed by atoms with van der Waals surface area (Å²) in [5.41, 5.74) is 6.66. The summed E-state index contributed by atoms with van der Waals surface area (Å²) in [5.74, 6) is 2.23. The number of nitrogens with zero attached hydrogens (tertiary/aromatic N) is 4. The number of rotatable bonds is 11. The number of pyridine rings is 1. The van der Waals surface area contributed by atoms with Crippen molar-refractivity contribution in [2.75, 3.05) is 32.2 Å². The van der Waals surface area contributed by atoms with Gasteiger partial charge in [-0.1, -0.05) is 66.7 Å². The molecule has 7 rings (SSSR count). The van der Waals surface area contributed by atoms with Gasteiger partial charge in [-0.3, -0.25) is 4.90 Å². The molecule has 6 aromatic rings. The van der Waals surface area contributed by atoms with E-state index in [1.54, 1.807) is 14.2 Å². The molecule has 1 aliphatic rings. The highest BCUT2D eigenvalue weighted by molar-refractivity contribution is 7.63. The third-order valence-electron chi connectivity index (χ3n) is 9.08. The van der Waals surface area contributed by atoms with E-state index in [-0.39, 0.29) is 4.77 Å². The maximum absolute atomic E-state index is 12.8. The van der Waals surface area contributed by atoms with E-state index in [1.165, 1.54) is 18.4 Å². The van der Waals surface area contributed by atoms with Gasteiger partial charge >= 0.3 is 0 Å². The summed E-state index contributed by atoms with van der Waals surface area (Å²) < 4.78 is 38.5. The number of aromatic amines is 1. The number of ether oxygens (including phenoxy) is 2. The molecule has 1 aliphatic heterocycles. The Hall–Kier alpha value is -5.06. The van der Waals surface area contributed by atoms with Gasteiger partial charge < -0.3 is 23.9 Å². The Morgan fingerprint density at radius 1 is 0.729 bits per heavy atom. The topological polar surface area (TPSA) is 92.7 Å². The van der Waals surface area contributed by atoms with Crippen molar-refractivity contribution in [2.24, 2.45) is 0 Å². The molecule has 1 N–H and O–H groups in total. The number of aromatic nitrogens is 3. The van der Waals surface area contributed by atoms with Crippen molar-refractivity contribution in [1.82, 2.24) is 19.4 Å². The Labute approximate surface area is 281 Å². The van der Waals surface area contributed by atoms with Gasteiger partial charge in [-0.15, -0.1) is 0 Å². The quantitative estimate of drug-likeness (QED) is 0.153. The van der Waals surface area contributed by atoms with Crippen LogP contribution in [-0.2, 0) is 36.5 Å². The van der Waals surface area contributed by atoms with Gasteiger partial charge in [-0.05, 0) is 78.5 Å². The van der Waals surface area contributed by atoms with E-state index >= 15 is 0 Å². The largest absolute Gasteiger partial charge is 0.497 e. The van der Waals surface area contributed by atoms with Crippen molar-refractivity contribution in [2.45, 2.75) is 39.0 Å². The Morgan fingerprint density at radius 3 is 1.83 bits per heavy atom. The Morgan fingerprint density at radius 2 is 1.27 bits per heavy atom. The van der Waals surface area contributed by atoms with Gasteiger partial charge in [0.05, 0.1) is 31.8 Å². The van der Waals surface area contributed by atoms with Crippen molar-refractivity contribution < 1.29 is 17.9 Å². The van der Waals surface area contributed by atoms with Crippen LogP contribution in [-0.4, -0.2) is 55.2 Å². The fourth-order valence-electron chi connectivity index (χ4n) is 6.60. The number of nitrogens with one attached hydrogen (secondary N) is 1. The van der Waals surface area contributed by atoms with Crippen LogP contribution in [0.3, 0.4) is 0 Å². The lowest BCUT2D eigenvalue weighted by Crippen LogP contribution is -2.23. The zero-order valence-electron chi connectivity index (χ0n) is 27.2. The Bertz CT molecular complexity index is 2160. The van der Waals surface area contributed by atoms with Gasteiger partial charge in [0.15, 0.2) is 5.82 Å². The minimum atomic E-state index is -2.53. The molecular weight excluding hydrogens is 623 g/mol. The first kappa shape index (κ1) is 31.5. The van der Waals surface area contributed by atoms with E-state index in [0.29, 0.717) is 31.0 Å². The molecular formula is C38H39N5O4S. The number of hydrogen-bond acceptors (Lipinski definition) is 7. The highest BCUT2D eigenvalue weighted by atomic mass is 32.2. The number of methoxy groups -OCH3 is 2. The second-order valence-electron chi connectivity index (χ2n) is 12.3. The van der Waals surface area contributed by atoms with Crippen LogP contribution in [0.1, 0.15) is 35.1 Å². The fraction of sp³-hybridized carbons (Fsp3) is 0.263. The molecule has 0 unspecified atom stereocenters. The molecule has 0 spiro atoms. The standard InChI is InChI=1S/C38H39N5O4S/c1-46-31-17-13-28(14-18-31)24-42(25-29-15-19-32(47-2)20-16-29)37-35-36(33-7-3-4-8-34(33)39-37)43(38(40-35)48(44)45)26-30-11-9-27(10-12-30)23-41-21-5-6-22-41/h3-4,7-20,40H,5-6,21-26H2,1-2H3. The van der Waals surface area contributed by atoms with Crippen LogP contribution in [0.2, 0.25) is 0 Å². The van der Waals surface area contributed by atoms with Crippen molar-refractivity contribution in [1.29, 1.82) is 0 Å². The molecule has 48 heavy (non-hydrogen) atoms. The van der Waals surface area contributed by atoms with Crippen molar-refractivity contribution in [3.8, 4) is 11.5 Å². The van der Waals surface area contributed by atoms with Crippen molar-refractivity contribution >= 4 is 38.0 Å². The van der Waals surface area contributed by atoms with E-state index in [1.807, 2.05) is 77.4 Å². The third-order valence-corrected chi connectivity index (χ3v) is 9.72. The number of fused-ring (bicyclic) bond motifs is 3. The fourth-order valence-corrected chi connectivity index (χ4v) is 7.13. The van der Waals surface area contributed by atoms with Crippen LogP contribution in [0.25, 0.3) is 21.9 Å². The average molecular weight is 662 g/mol. The van der Waals surface area contributed by atoms with E-state index in [9.17, 15) is 8.42 Å². The second kappa shape index (κ2) is 14.0. The molecule has 0 saturated carbocycles. The number of likely N-dealkylation sites (tertiary alicyclic amines) is 1. The predicted molar refractivity (Wildman–Crippen MR) is 190 cm³/mol. The molecule has 246 valence electrons. The lowest BCUT2D eigenvalue weighted by atomic mass is 10.1. The Kier molecular flexibility index (Phi) is 9.18. The summed E-state index contributed by atoms with van der Waals surface area (Å²) >= 11 is 0. The summed E-state index contributed by atoms with van der Waals surface area (Å²) in [5, 5.41) is 0.878. The molecule has 9 nitrogen and oxygen atoms in total. The second-order valence-corrected chi connectivity index (χ2v) is 13.1. The number of anilines is 1. The molecule has 0 radical (unpaired) electrons. The van der Waals surface area contributed by atoms with Crippen LogP contribution < -0.4 is 14.4 Å². The van der Waals surface area contributed by atoms with Gasteiger partial charge in [0.2, 0.25) is 4.77 Å².